The second-order valence-corrected chi connectivity index (χ2v) is 5.30. The maximum Gasteiger partial charge on any atom is 0.0537 e. The summed E-state index contributed by atoms with van der Waals surface area (Å²) >= 11 is 0. The van der Waals surface area contributed by atoms with Crippen LogP contribution in [0.3, 0.4) is 0 Å². The summed E-state index contributed by atoms with van der Waals surface area (Å²) < 4.78 is 2.10. The Morgan fingerprint density at radius 1 is 1.16 bits per heavy atom. The van der Waals surface area contributed by atoms with Crippen molar-refractivity contribution >= 4 is 0 Å². The third-order valence-electron chi connectivity index (χ3n) is 3.69. The molecule has 1 aromatic carbocycles. The summed E-state index contributed by atoms with van der Waals surface area (Å²) in [5, 5.41) is 13.1. The molecule has 1 heterocycles. The average molecular weight is 258 g/mol. The van der Waals surface area contributed by atoms with Gasteiger partial charge in [0.1, 0.15) is 0 Å². The fraction of sp³-hybridized carbons (Fsp3) is 0.375. The normalized spacial score (nSPS) is 14.3. The van der Waals surface area contributed by atoms with Crippen molar-refractivity contribution in [2.75, 3.05) is 13.2 Å². The van der Waals surface area contributed by atoms with Gasteiger partial charge in [0.05, 0.1) is 6.61 Å². The fourth-order valence-electron chi connectivity index (χ4n) is 2.24. The van der Waals surface area contributed by atoms with Crippen LogP contribution in [0.2, 0.25) is 0 Å². The van der Waals surface area contributed by atoms with Crippen molar-refractivity contribution in [3.63, 3.8) is 0 Å². The summed E-state index contributed by atoms with van der Waals surface area (Å²) in [5.41, 5.74) is 2.16. The van der Waals surface area contributed by atoms with Gasteiger partial charge in [0.25, 0.3) is 0 Å². The number of hydrogen-bond donors (Lipinski definition) is 2. The van der Waals surface area contributed by atoms with E-state index in [4.69, 9.17) is 0 Å². The Morgan fingerprint density at radius 2 is 1.89 bits per heavy atom. The second kappa shape index (κ2) is 6.04. The SMILES string of the molecule is Cn1cccc1CNCC(C)(CO)c1ccccc1. The zero-order chi connectivity index (χ0) is 13.7. The molecule has 2 N–H and O–H groups in total. The molecule has 0 bridgehead atoms. The van der Waals surface area contributed by atoms with Crippen LogP contribution in [0.15, 0.2) is 48.7 Å². The minimum atomic E-state index is -0.244. The van der Waals surface area contributed by atoms with Crippen molar-refractivity contribution in [1.29, 1.82) is 0 Å². The van der Waals surface area contributed by atoms with Crippen LogP contribution in [0.5, 0.6) is 0 Å². The number of rotatable bonds is 6. The molecule has 0 spiro atoms. The molecule has 0 aliphatic heterocycles. The van der Waals surface area contributed by atoms with Gasteiger partial charge < -0.3 is 15.0 Å². The second-order valence-electron chi connectivity index (χ2n) is 5.30. The Kier molecular flexibility index (Phi) is 4.40. The number of aliphatic hydroxyl groups is 1. The molecule has 3 heteroatoms. The highest BCUT2D eigenvalue weighted by molar-refractivity contribution is 5.25. The van der Waals surface area contributed by atoms with E-state index < -0.39 is 0 Å². The van der Waals surface area contributed by atoms with Gasteiger partial charge in [-0.2, -0.15) is 0 Å². The molecule has 1 atom stereocenters. The Morgan fingerprint density at radius 3 is 2.47 bits per heavy atom. The number of benzene rings is 1. The first-order chi connectivity index (χ1) is 9.15. The molecule has 0 amide bonds. The summed E-state index contributed by atoms with van der Waals surface area (Å²) in [5.74, 6) is 0. The molecular formula is C16H22N2O. The Bertz CT molecular complexity index is 506. The molecule has 2 rings (SSSR count). The number of hydrogen-bond acceptors (Lipinski definition) is 2. The predicted octanol–water partition coefficient (Wildman–Crippen LogP) is 2.06. The zero-order valence-electron chi connectivity index (χ0n) is 11.6. The molecule has 102 valence electrons. The van der Waals surface area contributed by atoms with Gasteiger partial charge in [0, 0.05) is 37.4 Å². The molecule has 0 radical (unpaired) electrons. The third-order valence-corrected chi connectivity index (χ3v) is 3.69. The van der Waals surface area contributed by atoms with Gasteiger partial charge in [-0.3, -0.25) is 0 Å². The lowest BCUT2D eigenvalue weighted by Gasteiger charge is -2.28. The lowest BCUT2D eigenvalue weighted by molar-refractivity contribution is 0.201. The summed E-state index contributed by atoms with van der Waals surface area (Å²) in [6, 6.07) is 14.3. The van der Waals surface area contributed by atoms with Gasteiger partial charge in [0.2, 0.25) is 0 Å². The minimum Gasteiger partial charge on any atom is -0.395 e. The zero-order valence-corrected chi connectivity index (χ0v) is 11.6. The molecule has 0 saturated carbocycles. The highest BCUT2D eigenvalue weighted by Crippen LogP contribution is 2.22. The molecule has 0 aliphatic rings. The molecule has 1 unspecified atom stereocenters. The van der Waals surface area contributed by atoms with Crippen LogP contribution in [0.4, 0.5) is 0 Å². The van der Waals surface area contributed by atoms with Gasteiger partial charge in [0.15, 0.2) is 0 Å². The van der Waals surface area contributed by atoms with Crippen molar-refractivity contribution in [1.82, 2.24) is 9.88 Å². The molecular weight excluding hydrogens is 236 g/mol. The highest BCUT2D eigenvalue weighted by atomic mass is 16.3. The first kappa shape index (κ1) is 13.8. The molecule has 0 fully saturated rings. The quantitative estimate of drug-likeness (QED) is 0.832. The predicted molar refractivity (Wildman–Crippen MR) is 78.0 cm³/mol. The van der Waals surface area contributed by atoms with E-state index in [1.165, 1.54) is 5.69 Å². The Labute approximate surface area is 114 Å². The summed E-state index contributed by atoms with van der Waals surface area (Å²) in [4.78, 5) is 0. The average Bonchev–Trinajstić information content (AvgIpc) is 2.85. The Balaban J connectivity index is 1.98. The molecule has 0 aliphatic carbocycles. The number of nitrogens with one attached hydrogen (secondary N) is 1. The molecule has 19 heavy (non-hydrogen) atoms. The van der Waals surface area contributed by atoms with Gasteiger partial charge >= 0.3 is 0 Å². The van der Waals surface area contributed by atoms with Crippen molar-refractivity contribution < 1.29 is 5.11 Å². The van der Waals surface area contributed by atoms with Crippen molar-refractivity contribution in [3.8, 4) is 0 Å². The fourth-order valence-corrected chi connectivity index (χ4v) is 2.24. The smallest absolute Gasteiger partial charge is 0.0537 e. The van der Waals surface area contributed by atoms with Gasteiger partial charge in [-0.25, -0.2) is 0 Å². The van der Waals surface area contributed by atoms with Gasteiger partial charge in [-0.15, -0.1) is 0 Å². The van der Waals surface area contributed by atoms with E-state index in [2.05, 4.69) is 35.0 Å². The van der Waals surface area contributed by atoms with Gasteiger partial charge in [-0.1, -0.05) is 37.3 Å². The van der Waals surface area contributed by atoms with Crippen LogP contribution in [-0.2, 0) is 19.0 Å². The topological polar surface area (TPSA) is 37.2 Å². The van der Waals surface area contributed by atoms with Crippen LogP contribution < -0.4 is 5.32 Å². The summed E-state index contributed by atoms with van der Waals surface area (Å²) in [6.07, 6.45) is 2.04. The van der Waals surface area contributed by atoms with E-state index in [9.17, 15) is 5.11 Å². The van der Waals surface area contributed by atoms with E-state index >= 15 is 0 Å². The summed E-state index contributed by atoms with van der Waals surface area (Å²) in [7, 11) is 2.04. The van der Waals surface area contributed by atoms with Crippen LogP contribution in [0.1, 0.15) is 18.2 Å². The molecule has 1 aromatic heterocycles. The summed E-state index contributed by atoms with van der Waals surface area (Å²) in [6.45, 7) is 3.78. The van der Waals surface area contributed by atoms with Gasteiger partial charge in [-0.05, 0) is 17.7 Å². The van der Waals surface area contributed by atoms with Crippen LogP contribution in [-0.4, -0.2) is 22.8 Å². The first-order valence-corrected chi connectivity index (χ1v) is 6.63. The molecule has 0 saturated heterocycles. The van der Waals surface area contributed by atoms with Crippen molar-refractivity contribution in [2.45, 2.75) is 18.9 Å². The Hall–Kier alpha value is -1.58. The number of nitrogens with zero attached hydrogens (tertiary/aromatic N) is 1. The third kappa shape index (κ3) is 3.25. The number of aliphatic hydroxyl groups excluding tert-OH is 1. The monoisotopic (exact) mass is 258 g/mol. The van der Waals surface area contributed by atoms with Crippen molar-refractivity contribution in [2.24, 2.45) is 7.05 Å². The highest BCUT2D eigenvalue weighted by Gasteiger charge is 2.25. The number of aryl methyl sites for hydroxylation is 1. The van der Waals surface area contributed by atoms with Crippen LogP contribution in [0, 0.1) is 0 Å². The van der Waals surface area contributed by atoms with E-state index in [-0.39, 0.29) is 12.0 Å². The number of aromatic nitrogens is 1. The standard InChI is InChI=1S/C16H22N2O/c1-16(13-19,14-7-4-3-5-8-14)12-17-11-15-9-6-10-18(15)2/h3-10,17,19H,11-13H2,1-2H3. The minimum absolute atomic E-state index is 0.136. The van der Waals surface area contributed by atoms with Crippen molar-refractivity contribution in [3.05, 3.63) is 59.9 Å². The van der Waals surface area contributed by atoms with Crippen LogP contribution >= 0.6 is 0 Å². The lowest BCUT2D eigenvalue weighted by Crippen LogP contribution is -2.38. The van der Waals surface area contributed by atoms with Crippen LogP contribution in [0.25, 0.3) is 0 Å². The van der Waals surface area contributed by atoms with E-state index in [0.29, 0.717) is 0 Å². The lowest BCUT2D eigenvalue weighted by atomic mass is 9.83. The van der Waals surface area contributed by atoms with E-state index in [1.807, 2.05) is 37.5 Å². The largest absolute Gasteiger partial charge is 0.395 e. The molecule has 2 aromatic rings. The van der Waals surface area contributed by atoms with E-state index in [1.54, 1.807) is 0 Å². The first-order valence-electron chi connectivity index (χ1n) is 6.63. The maximum absolute atomic E-state index is 9.71. The maximum atomic E-state index is 9.71. The molecule has 3 nitrogen and oxygen atoms in total. The van der Waals surface area contributed by atoms with E-state index in [0.717, 1.165) is 18.7 Å².